The van der Waals surface area contributed by atoms with Crippen molar-refractivity contribution in [2.24, 2.45) is 0 Å². The predicted octanol–water partition coefficient (Wildman–Crippen LogP) is 0.142. The SMILES string of the molecule is CN(CCNC(=O)c1cccnc1)C1COC1. The van der Waals surface area contributed by atoms with Gasteiger partial charge in [0.1, 0.15) is 0 Å². The van der Waals surface area contributed by atoms with E-state index in [2.05, 4.69) is 15.2 Å². The molecule has 1 saturated heterocycles. The van der Waals surface area contributed by atoms with Crippen LogP contribution < -0.4 is 5.32 Å². The zero-order valence-electron chi connectivity index (χ0n) is 9.93. The van der Waals surface area contributed by atoms with Crippen molar-refractivity contribution < 1.29 is 9.53 Å². The number of rotatable bonds is 5. The summed E-state index contributed by atoms with van der Waals surface area (Å²) in [6.45, 7) is 3.07. The number of hydrogen-bond donors (Lipinski definition) is 1. The fraction of sp³-hybridized carbons (Fsp3) is 0.500. The van der Waals surface area contributed by atoms with Gasteiger partial charge in [-0.1, -0.05) is 0 Å². The van der Waals surface area contributed by atoms with Crippen LogP contribution in [-0.4, -0.2) is 55.2 Å². The molecular weight excluding hydrogens is 218 g/mol. The van der Waals surface area contributed by atoms with Crippen molar-refractivity contribution in [2.45, 2.75) is 6.04 Å². The van der Waals surface area contributed by atoms with E-state index in [1.54, 1.807) is 24.5 Å². The largest absolute Gasteiger partial charge is 0.378 e. The fourth-order valence-corrected chi connectivity index (χ4v) is 1.61. The van der Waals surface area contributed by atoms with E-state index in [1.807, 2.05) is 7.05 Å². The van der Waals surface area contributed by atoms with Gasteiger partial charge in [0.15, 0.2) is 0 Å². The molecule has 1 aliphatic heterocycles. The van der Waals surface area contributed by atoms with Crippen molar-refractivity contribution in [3.05, 3.63) is 30.1 Å². The topological polar surface area (TPSA) is 54.5 Å². The zero-order valence-corrected chi connectivity index (χ0v) is 9.93. The van der Waals surface area contributed by atoms with Crippen LogP contribution in [0.2, 0.25) is 0 Å². The molecule has 0 radical (unpaired) electrons. The van der Waals surface area contributed by atoms with Gasteiger partial charge in [-0.3, -0.25) is 14.7 Å². The molecule has 0 spiro atoms. The molecule has 17 heavy (non-hydrogen) atoms. The summed E-state index contributed by atoms with van der Waals surface area (Å²) in [5.41, 5.74) is 0.599. The first-order valence-corrected chi connectivity index (χ1v) is 5.73. The van der Waals surface area contributed by atoms with Gasteiger partial charge in [0.25, 0.3) is 5.91 Å². The Balaban J connectivity index is 1.69. The lowest BCUT2D eigenvalue weighted by atomic mass is 10.2. The summed E-state index contributed by atoms with van der Waals surface area (Å²) in [5.74, 6) is -0.0728. The van der Waals surface area contributed by atoms with Gasteiger partial charge < -0.3 is 10.1 Å². The maximum atomic E-state index is 11.7. The smallest absolute Gasteiger partial charge is 0.252 e. The molecule has 1 amide bonds. The van der Waals surface area contributed by atoms with Gasteiger partial charge in [-0.15, -0.1) is 0 Å². The second-order valence-corrected chi connectivity index (χ2v) is 4.17. The highest BCUT2D eigenvalue weighted by Crippen LogP contribution is 2.06. The number of pyridine rings is 1. The average molecular weight is 235 g/mol. The number of amides is 1. The van der Waals surface area contributed by atoms with Crippen molar-refractivity contribution in [1.82, 2.24) is 15.2 Å². The fourth-order valence-electron chi connectivity index (χ4n) is 1.61. The first-order chi connectivity index (χ1) is 8.27. The van der Waals surface area contributed by atoms with Gasteiger partial charge in [-0.2, -0.15) is 0 Å². The third-order valence-electron chi connectivity index (χ3n) is 2.92. The second-order valence-electron chi connectivity index (χ2n) is 4.17. The highest BCUT2D eigenvalue weighted by atomic mass is 16.5. The van der Waals surface area contributed by atoms with Gasteiger partial charge in [-0.05, 0) is 19.2 Å². The summed E-state index contributed by atoms with van der Waals surface area (Å²) < 4.78 is 5.12. The Hall–Kier alpha value is -1.46. The van der Waals surface area contributed by atoms with Crippen LogP contribution in [0.1, 0.15) is 10.4 Å². The molecule has 1 aromatic rings. The molecule has 5 nitrogen and oxygen atoms in total. The van der Waals surface area contributed by atoms with Gasteiger partial charge >= 0.3 is 0 Å². The number of aromatic nitrogens is 1. The minimum atomic E-state index is -0.0728. The molecule has 0 bridgehead atoms. The van der Waals surface area contributed by atoms with Crippen molar-refractivity contribution >= 4 is 5.91 Å². The lowest BCUT2D eigenvalue weighted by Crippen LogP contribution is -2.49. The molecule has 0 atom stereocenters. The lowest BCUT2D eigenvalue weighted by Gasteiger charge is -2.34. The molecular formula is C12H17N3O2. The van der Waals surface area contributed by atoms with Crippen molar-refractivity contribution in [1.29, 1.82) is 0 Å². The maximum Gasteiger partial charge on any atom is 0.252 e. The van der Waals surface area contributed by atoms with E-state index in [9.17, 15) is 4.79 Å². The summed E-state index contributed by atoms with van der Waals surface area (Å²) >= 11 is 0. The molecule has 0 aromatic carbocycles. The molecule has 1 fully saturated rings. The summed E-state index contributed by atoms with van der Waals surface area (Å²) in [7, 11) is 2.05. The number of hydrogen-bond acceptors (Lipinski definition) is 4. The van der Waals surface area contributed by atoms with Gasteiger partial charge in [-0.25, -0.2) is 0 Å². The number of likely N-dealkylation sites (N-methyl/N-ethyl adjacent to an activating group) is 1. The molecule has 1 N–H and O–H groups in total. The van der Waals surface area contributed by atoms with Crippen molar-refractivity contribution in [2.75, 3.05) is 33.4 Å². The predicted molar refractivity (Wildman–Crippen MR) is 63.8 cm³/mol. The summed E-state index contributed by atoms with van der Waals surface area (Å²) in [6.07, 6.45) is 3.22. The molecule has 92 valence electrons. The molecule has 2 rings (SSSR count). The number of nitrogens with one attached hydrogen (secondary N) is 1. The highest BCUT2D eigenvalue weighted by Gasteiger charge is 2.22. The van der Waals surface area contributed by atoms with Crippen molar-refractivity contribution in [3.63, 3.8) is 0 Å². The van der Waals surface area contributed by atoms with E-state index in [0.29, 0.717) is 18.2 Å². The molecule has 1 aliphatic rings. The molecule has 5 heteroatoms. The van der Waals surface area contributed by atoms with Crippen molar-refractivity contribution in [3.8, 4) is 0 Å². The van der Waals surface area contributed by atoms with Crippen LogP contribution in [0.3, 0.4) is 0 Å². The molecule has 0 unspecified atom stereocenters. The molecule has 0 saturated carbocycles. The first-order valence-electron chi connectivity index (χ1n) is 5.73. The third-order valence-corrected chi connectivity index (χ3v) is 2.92. The highest BCUT2D eigenvalue weighted by molar-refractivity contribution is 5.93. The Labute approximate surface area is 101 Å². The summed E-state index contributed by atoms with van der Waals surface area (Å²) in [6, 6.07) is 4.02. The Bertz CT molecular complexity index is 365. The number of nitrogens with zero attached hydrogens (tertiary/aromatic N) is 2. The quantitative estimate of drug-likeness (QED) is 0.789. The van der Waals surface area contributed by atoms with Crippen LogP contribution in [0.5, 0.6) is 0 Å². The van der Waals surface area contributed by atoms with Crippen LogP contribution in [-0.2, 0) is 4.74 Å². The molecule has 0 aliphatic carbocycles. The average Bonchev–Trinajstić information content (AvgIpc) is 2.27. The van der Waals surface area contributed by atoms with Gasteiger partial charge in [0, 0.05) is 25.5 Å². The summed E-state index contributed by atoms with van der Waals surface area (Å²) in [5, 5.41) is 2.87. The normalized spacial score (nSPS) is 15.6. The van der Waals surface area contributed by atoms with E-state index in [0.717, 1.165) is 19.8 Å². The van der Waals surface area contributed by atoms with Crippen LogP contribution in [0.25, 0.3) is 0 Å². The Kier molecular flexibility index (Phi) is 4.06. The monoisotopic (exact) mass is 235 g/mol. The minimum absolute atomic E-state index is 0.0728. The number of ether oxygens (including phenoxy) is 1. The van der Waals surface area contributed by atoms with Gasteiger partial charge in [0.2, 0.25) is 0 Å². The molecule has 2 heterocycles. The Morgan fingerprint density at radius 2 is 2.47 bits per heavy atom. The Morgan fingerprint density at radius 1 is 1.65 bits per heavy atom. The third kappa shape index (κ3) is 3.25. The van der Waals surface area contributed by atoms with Crippen LogP contribution >= 0.6 is 0 Å². The first kappa shape index (κ1) is 12.0. The Morgan fingerprint density at radius 3 is 3.06 bits per heavy atom. The van der Waals surface area contributed by atoms with Crippen LogP contribution in [0, 0.1) is 0 Å². The zero-order chi connectivity index (χ0) is 12.1. The minimum Gasteiger partial charge on any atom is -0.378 e. The number of carbonyl (C=O) groups is 1. The van der Waals surface area contributed by atoms with E-state index in [4.69, 9.17) is 4.74 Å². The van der Waals surface area contributed by atoms with E-state index < -0.39 is 0 Å². The number of carbonyl (C=O) groups excluding carboxylic acids is 1. The van der Waals surface area contributed by atoms with E-state index >= 15 is 0 Å². The van der Waals surface area contributed by atoms with Crippen LogP contribution in [0.4, 0.5) is 0 Å². The maximum absolute atomic E-state index is 11.7. The standard InChI is InChI=1S/C12H17N3O2/c1-15(11-8-17-9-11)6-5-14-12(16)10-3-2-4-13-7-10/h2-4,7,11H,5-6,8-9H2,1H3,(H,14,16). The van der Waals surface area contributed by atoms with E-state index in [-0.39, 0.29) is 5.91 Å². The van der Waals surface area contributed by atoms with E-state index in [1.165, 1.54) is 0 Å². The second kappa shape index (κ2) is 5.75. The van der Waals surface area contributed by atoms with Gasteiger partial charge in [0.05, 0.1) is 24.8 Å². The summed E-state index contributed by atoms with van der Waals surface area (Å²) in [4.78, 5) is 17.8. The molecule has 1 aromatic heterocycles. The van der Waals surface area contributed by atoms with Crippen LogP contribution in [0.15, 0.2) is 24.5 Å². The lowest BCUT2D eigenvalue weighted by molar-refractivity contribution is -0.0552.